The molecule has 0 radical (unpaired) electrons. The number of amides is 1. The first-order chi connectivity index (χ1) is 27.5. The standard InChI is InChI=1S/C50H95NO5/c1-3-5-7-9-11-13-15-23-26-30-34-38-42-48(53)47(46-52)51-49(54)43-39-35-31-27-24-20-18-16-17-19-21-25-29-33-37-41-45-56-50(55)44-40-36-32-28-22-14-12-10-8-6-4-2/h10,12,16,18,47-48,52-53H,3-9,11,13-15,17,19-46H2,1-2H3,(H,51,54)/b12-10-,18-16-. The van der Waals surface area contributed by atoms with Crippen LogP contribution in [0.25, 0.3) is 0 Å². The topological polar surface area (TPSA) is 95.9 Å². The van der Waals surface area contributed by atoms with Crippen LogP contribution in [0.1, 0.15) is 258 Å². The zero-order valence-electron chi connectivity index (χ0n) is 37.4. The highest BCUT2D eigenvalue weighted by Crippen LogP contribution is 2.15. The van der Waals surface area contributed by atoms with Crippen LogP contribution in [0.2, 0.25) is 0 Å². The van der Waals surface area contributed by atoms with Gasteiger partial charge in [-0.3, -0.25) is 9.59 Å². The van der Waals surface area contributed by atoms with E-state index in [2.05, 4.69) is 43.5 Å². The molecule has 330 valence electrons. The molecule has 6 heteroatoms. The molecule has 0 aromatic rings. The summed E-state index contributed by atoms with van der Waals surface area (Å²) in [5.74, 6) is -0.0680. The molecule has 0 aliphatic rings. The third-order valence-electron chi connectivity index (χ3n) is 11.2. The first-order valence-corrected chi connectivity index (χ1v) is 24.6. The summed E-state index contributed by atoms with van der Waals surface area (Å²) in [4.78, 5) is 24.4. The minimum absolute atomic E-state index is 0.0144. The molecule has 0 bridgehead atoms. The first-order valence-electron chi connectivity index (χ1n) is 24.6. The van der Waals surface area contributed by atoms with Crippen molar-refractivity contribution in [2.24, 2.45) is 0 Å². The van der Waals surface area contributed by atoms with E-state index in [1.165, 1.54) is 161 Å². The van der Waals surface area contributed by atoms with Crippen molar-refractivity contribution in [3.05, 3.63) is 24.3 Å². The molecule has 0 rings (SSSR count). The Bertz CT molecular complexity index is 874. The Hall–Kier alpha value is -1.66. The molecule has 6 nitrogen and oxygen atoms in total. The number of hydrogen-bond donors (Lipinski definition) is 3. The number of aliphatic hydroxyl groups is 2. The highest BCUT2D eigenvalue weighted by Gasteiger charge is 2.20. The van der Waals surface area contributed by atoms with E-state index in [9.17, 15) is 19.8 Å². The summed E-state index contributed by atoms with van der Waals surface area (Å²) in [5.41, 5.74) is 0. The van der Waals surface area contributed by atoms with Gasteiger partial charge in [0.1, 0.15) is 0 Å². The lowest BCUT2D eigenvalue weighted by atomic mass is 10.0. The molecule has 3 N–H and O–H groups in total. The number of nitrogens with one attached hydrogen (secondary N) is 1. The number of unbranched alkanes of at least 4 members (excludes halogenated alkanes) is 30. The molecule has 0 aliphatic heterocycles. The summed E-state index contributed by atoms with van der Waals surface area (Å²) >= 11 is 0. The number of carbonyl (C=O) groups is 2. The van der Waals surface area contributed by atoms with Gasteiger partial charge >= 0.3 is 5.97 Å². The SMILES string of the molecule is CCCC/C=C\CCCCCCCC(=O)OCCCCCCCCC/C=C\CCCCCCCC(=O)NC(CO)C(O)CCCCCCCCCCCCCC. The minimum Gasteiger partial charge on any atom is -0.466 e. The second kappa shape index (κ2) is 46.0. The lowest BCUT2D eigenvalue weighted by Crippen LogP contribution is -2.45. The van der Waals surface area contributed by atoms with E-state index in [0.29, 0.717) is 25.9 Å². The Morgan fingerprint density at radius 3 is 1.32 bits per heavy atom. The Kier molecular flexibility index (Phi) is 44.7. The monoisotopic (exact) mass is 790 g/mol. The zero-order chi connectivity index (χ0) is 40.8. The summed E-state index contributed by atoms with van der Waals surface area (Å²) in [6, 6.07) is -0.552. The normalized spacial score (nSPS) is 12.9. The number of esters is 1. The Morgan fingerprint density at radius 2 is 0.857 bits per heavy atom. The van der Waals surface area contributed by atoms with E-state index in [0.717, 1.165) is 64.2 Å². The maximum Gasteiger partial charge on any atom is 0.305 e. The van der Waals surface area contributed by atoms with Crippen LogP contribution < -0.4 is 5.32 Å². The maximum absolute atomic E-state index is 12.4. The summed E-state index contributed by atoms with van der Waals surface area (Å²) < 4.78 is 5.43. The average Bonchev–Trinajstić information content (AvgIpc) is 3.20. The smallest absolute Gasteiger partial charge is 0.305 e. The van der Waals surface area contributed by atoms with Crippen molar-refractivity contribution in [2.45, 2.75) is 270 Å². The van der Waals surface area contributed by atoms with Gasteiger partial charge in [-0.25, -0.2) is 0 Å². The molecule has 0 heterocycles. The fourth-order valence-corrected chi connectivity index (χ4v) is 7.38. The van der Waals surface area contributed by atoms with Gasteiger partial charge in [-0.15, -0.1) is 0 Å². The molecule has 56 heavy (non-hydrogen) atoms. The Morgan fingerprint density at radius 1 is 0.482 bits per heavy atom. The quantitative estimate of drug-likeness (QED) is 0.0324. The predicted molar refractivity (Wildman–Crippen MR) is 241 cm³/mol. The van der Waals surface area contributed by atoms with Crippen molar-refractivity contribution in [2.75, 3.05) is 13.2 Å². The molecule has 1 amide bonds. The Labute approximate surface area is 348 Å². The Balaban J connectivity index is 3.48. The molecule has 2 unspecified atom stereocenters. The number of allylic oxidation sites excluding steroid dienone is 4. The number of aliphatic hydroxyl groups excluding tert-OH is 2. The molecule has 2 atom stereocenters. The lowest BCUT2D eigenvalue weighted by molar-refractivity contribution is -0.143. The second-order valence-electron chi connectivity index (χ2n) is 16.8. The predicted octanol–water partition coefficient (Wildman–Crippen LogP) is 14.3. The van der Waals surface area contributed by atoms with E-state index in [1.54, 1.807) is 0 Å². The molecule has 0 saturated carbocycles. The largest absolute Gasteiger partial charge is 0.466 e. The lowest BCUT2D eigenvalue weighted by Gasteiger charge is -2.22. The molecule has 0 spiro atoms. The summed E-state index contributed by atoms with van der Waals surface area (Å²) in [6.45, 7) is 4.87. The highest BCUT2D eigenvalue weighted by molar-refractivity contribution is 5.76. The van der Waals surface area contributed by atoms with E-state index >= 15 is 0 Å². The average molecular weight is 790 g/mol. The molecule has 0 aromatic heterocycles. The molecule has 0 aliphatic carbocycles. The molecule has 0 fully saturated rings. The van der Waals surface area contributed by atoms with Gasteiger partial charge < -0.3 is 20.3 Å². The maximum atomic E-state index is 12.4. The van der Waals surface area contributed by atoms with Crippen LogP contribution in [0, 0.1) is 0 Å². The van der Waals surface area contributed by atoms with Gasteiger partial charge in [0.15, 0.2) is 0 Å². The number of hydrogen-bond acceptors (Lipinski definition) is 5. The second-order valence-corrected chi connectivity index (χ2v) is 16.8. The van der Waals surface area contributed by atoms with Crippen molar-refractivity contribution in [3.8, 4) is 0 Å². The van der Waals surface area contributed by atoms with Crippen LogP contribution in [0.15, 0.2) is 24.3 Å². The van der Waals surface area contributed by atoms with E-state index in [1.807, 2.05) is 0 Å². The van der Waals surface area contributed by atoms with Gasteiger partial charge in [-0.2, -0.15) is 0 Å². The van der Waals surface area contributed by atoms with Crippen LogP contribution in [-0.2, 0) is 14.3 Å². The van der Waals surface area contributed by atoms with Crippen LogP contribution in [0.4, 0.5) is 0 Å². The van der Waals surface area contributed by atoms with Gasteiger partial charge in [0, 0.05) is 12.8 Å². The molecular weight excluding hydrogens is 695 g/mol. The van der Waals surface area contributed by atoms with E-state index in [-0.39, 0.29) is 18.5 Å². The number of rotatable bonds is 45. The third kappa shape index (κ3) is 42.0. The van der Waals surface area contributed by atoms with Crippen LogP contribution in [0.5, 0.6) is 0 Å². The van der Waals surface area contributed by atoms with Crippen LogP contribution in [0.3, 0.4) is 0 Å². The van der Waals surface area contributed by atoms with Crippen molar-refractivity contribution in [1.82, 2.24) is 5.32 Å². The van der Waals surface area contributed by atoms with Crippen molar-refractivity contribution >= 4 is 11.9 Å². The number of carbonyl (C=O) groups excluding carboxylic acids is 2. The number of ether oxygens (including phenoxy) is 1. The van der Waals surface area contributed by atoms with Gasteiger partial charge in [-0.1, -0.05) is 199 Å². The molecular formula is C50H95NO5. The van der Waals surface area contributed by atoms with Crippen LogP contribution in [-0.4, -0.2) is 47.4 Å². The fraction of sp³-hybridized carbons (Fsp3) is 0.880. The molecule has 0 saturated heterocycles. The van der Waals surface area contributed by atoms with Crippen molar-refractivity contribution in [3.63, 3.8) is 0 Å². The van der Waals surface area contributed by atoms with Crippen molar-refractivity contribution < 1.29 is 24.5 Å². The van der Waals surface area contributed by atoms with Gasteiger partial charge in [-0.05, 0) is 70.6 Å². The van der Waals surface area contributed by atoms with Gasteiger partial charge in [0.05, 0.1) is 25.4 Å². The van der Waals surface area contributed by atoms with Gasteiger partial charge in [0.2, 0.25) is 5.91 Å². The van der Waals surface area contributed by atoms with E-state index < -0.39 is 12.1 Å². The van der Waals surface area contributed by atoms with Crippen molar-refractivity contribution in [1.29, 1.82) is 0 Å². The zero-order valence-corrected chi connectivity index (χ0v) is 37.4. The van der Waals surface area contributed by atoms with E-state index in [4.69, 9.17) is 4.74 Å². The highest BCUT2D eigenvalue weighted by atomic mass is 16.5. The first kappa shape index (κ1) is 54.3. The fourth-order valence-electron chi connectivity index (χ4n) is 7.38. The summed E-state index contributed by atoms with van der Waals surface area (Å²) in [7, 11) is 0. The summed E-state index contributed by atoms with van der Waals surface area (Å²) in [6.07, 6.45) is 52.8. The van der Waals surface area contributed by atoms with Crippen LogP contribution >= 0.6 is 0 Å². The minimum atomic E-state index is -0.673. The molecule has 0 aromatic carbocycles. The summed E-state index contributed by atoms with van der Waals surface area (Å²) in [5, 5.41) is 23.1. The third-order valence-corrected chi connectivity index (χ3v) is 11.2. The van der Waals surface area contributed by atoms with Gasteiger partial charge in [0.25, 0.3) is 0 Å².